The molecule has 0 fully saturated rings. The predicted molar refractivity (Wildman–Crippen MR) is 103 cm³/mol. The average molecular weight is 415 g/mol. The van der Waals surface area contributed by atoms with Gasteiger partial charge in [-0.1, -0.05) is 0 Å². The maximum Gasteiger partial charge on any atom is 0.238 e. The summed E-state index contributed by atoms with van der Waals surface area (Å²) in [4.78, 5) is 1.30. The third-order valence-electron chi connectivity index (χ3n) is 3.97. The Bertz CT molecular complexity index is 1050. The summed E-state index contributed by atoms with van der Waals surface area (Å²) in [6.07, 6.45) is 1.01. The molecule has 0 aliphatic heterocycles. The maximum atomic E-state index is 12.2. The zero-order valence-corrected chi connectivity index (χ0v) is 17.1. The highest BCUT2D eigenvalue weighted by Crippen LogP contribution is 2.31. The Morgan fingerprint density at radius 1 is 1.00 bits per heavy atom. The molecule has 0 spiro atoms. The molecule has 8 nitrogen and oxygen atoms in total. The van der Waals surface area contributed by atoms with Crippen LogP contribution in [0.1, 0.15) is 5.56 Å². The SMILES string of the molecule is COc1ccc(CN(C)c2ccc(S(N)(=O)=O)cc2S(C)(=O)=O)c(OC)c1. The number of primary sulfonamides is 1. The van der Waals surface area contributed by atoms with Crippen molar-refractivity contribution in [1.29, 1.82) is 0 Å². The molecule has 0 aliphatic rings. The van der Waals surface area contributed by atoms with Crippen molar-refractivity contribution in [3.8, 4) is 11.5 Å². The van der Waals surface area contributed by atoms with Gasteiger partial charge in [0.15, 0.2) is 9.84 Å². The van der Waals surface area contributed by atoms with E-state index in [-0.39, 0.29) is 9.79 Å². The molecule has 0 saturated carbocycles. The highest BCUT2D eigenvalue weighted by atomic mass is 32.2. The van der Waals surface area contributed by atoms with Crippen molar-refractivity contribution in [2.45, 2.75) is 16.3 Å². The summed E-state index contributed by atoms with van der Waals surface area (Å²) in [6.45, 7) is 0.324. The normalized spacial score (nSPS) is 11.9. The average Bonchev–Trinajstić information content (AvgIpc) is 2.59. The molecule has 10 heteroatoms. The van der Waals surface area contributed by atoms with E-state index < -0.39 is 19.9 Å². The van der Waals surface area contributed by atoms with Crippen LogP contribution in [0.15, 0.2) is 46.2 Å². The second-order valence-corrected chi connectivity index (χ2v) is 9.53. The summed E-state index contributed by atoms with van der Waals surface area (Å²) in [7, 11) is -2.94. The number of nitrogens with two attached hydrogens (primary N) is 1. The summed E-state index contributed by atoms with van der Waals surface area (Å²) < 4.78 is 58.1. The van der Waals surface area contributed by atoms with Crippen molar-refractivity contribution < 1.29 is 26.3 Å². The summed E-state index contributed by atoms with van der Waals surface area (Å²) in [5.41, 5.74) is 1.15. The number of benzene rings is 2. The smallest absolute Gasteiger partial charge is 0.238 e. The lowest BCUT2D eigenvalue weighted by Crippen LogP contribution is -2.21. The van der Waals surface area contributed by atoms with Crippen LogP contribution in [0.25, 0.3) is 0 Å². The fourth-order valence-electron chi connectivity index (χ4n) is 2.61. The van der Waals surface area contributed by atoms with Gasteiger partial charge in [0.1, 0.15) is 11.5 Å². The van der Waals surface area contributed by atoms with Gasteiger partial charge in [-0.05, 0) is 30.3 Å². The van der Waals surface area contributed by atoms with E-state index in [4.69, 9.17) is 14.6 Å². The molecule has 0 bridgehead atoms. The summed E-state index contributed by atoms with van der Waals surface area (Å²) in [5, 5.41) is 5.12. The van der Waals surface area contributed by atoms with E-state index in [1.54, 1.807) is 31.2 Å². The van der Waals surface area contributed by atoms with E-state index in [9.17, 15) is 16.8 Å². The summed E-state index contributed by atoms with van der Waals surface area (Å²) in [6, 6.07) is 9.08. The van der Waals surface area contributed by atoms with Crippen LogP contribution in [-0.4, -0.2) is 44.4 Å². The third-order valence-corrected chi connectivity index (χ3v) is 6.01. The fourth-order valence-corrected chi connectivity index (χ4v) is 4.17. The van der Waals surface area contributed by atoms with E-state index >= 15 is 0 Å². The van der Waals surface area contributed by atoms with Gasteiger partial charge in [-0.2, -0.15) is 0 Å². The first-order valence-electron chi connectivity index (χ1n) is 7.76. The minimum atomic E-state index is -4.02. The zero-order valence-electron chi connectivity index (χ0n) is 15.5. The predicted octanol–water partition coefficient (Wildman–Crippen LogP) is 1.39. The number of ether oxygens (including phenoxy) is 2. The van der Waals surface area contributed by atoms with Crippen LogP contribution < -0.4 is 19.5 Å². The quantitative estimate of drug-likeness (QED) is 0.728. The highest BCUT2D eigenvalue weighted by Gasteiger charge is 2.21. The van der Waals surface area contributed by atoms with Gasteiger partial charge in [-0.15, -0.1) is 0 Å². The Kier molecular flexibility index (Phi) is 6.03. The van der Waals surface area contributed by atoms with E-state index in [0.29, 0.717) is 23.7 Å². The number of hydrogen-bond acceptors (Lipinski definition) is 7. The van der Waals surface area contributed by atoms with Crippen LogP contribution in [0.3, 0.4) is 0 Å². The molecule has 0 radical (unpaired) electrons. The van der Waals surface area contributed by atoms with Crippen molar-refractivity contribution >= 4 is 25.5 Å². The lowest BCUT2D eigenvalue weighted by Gasteiger charge is -2.23. The molecule has 0 unspecified atom stereocenters. The Hall–Kier alpha value is -2.30. The molecule has 0 atom stereocenters. The summed E-state index contributed by atoms with van der Waals surface area (Å²) >= 11 is 0. The molecule has 2 aromatic carbocycles. The molecule has 27 heavy (non-hydrogen) atoms. The van der Waals surface area contributed by atoms with Crippen LogP contribution >= 0.6 is 0 Å². The molecule has 0 amide bonds. The molecule has 2 rings (SSSR count). The molecule has 0 aromatic heterocycles. The van der Waals surface area contributed by atoms with Gasteiger partial charge in [-0.25, -0.2) is 22.0 Å². The second-order valence-electron chi connectivity index (χ2n) is 5.98. The minimum absolute atomic E-state index is 0.121. The monoisotopic (exact) mass is 414 g/mol. The molecule has 0 saturated heterocycles. The van der Waals surface area contributed by atoms with E-state index in [0.717, 1.165) is 17.9 Å². The Morgan fingerprint density at radius 2 is 1.67 bits per heavy atom. The number of methoxy groups -OCH3 is 2. The van der Waals surface area contributed by atoms with Crippen molar-refractivity contribution in [2.75, 3.05) is 32.4 Å². The Labute approximate surface area is 159 Å². The first-order chi connectivity index (χ1) is 12.5. The first kappa shape index (κ1) is 21.0. The van der Waals surface area contributed by atoms with Gasteiger partial charge in [0.25, 0.3) is 0 Å². The van der Waals surface area contributed by atoms with E-state index in [1.807, 2.05) is 6.07 Å². The van der Waals surface area contributed by atoms with Gasteiger partial charge in [0.2, 0.25) is 10.0 Å². The number of hydrogen-bond donors (Lipinski definition) is 1. The number of rotatable bonds is 7. The second kappa shape index (κ2) is 7.75. The third kappa shape index (κ3) is 4.90. The number of anilines is 1. The van der Waals surface area contributed by atoms with Gasteiger partial charge >= 0.3 is 0 Å². The molecule has 148 valence electrons. The fraction of sp³-hybridized carbons (Fsp3) is 0.294. The van der Waals surface area contributed by atoms with Gasteiger partial charge in [-0.3, -0.25) is 0 Å². The van der Waals surface area contributed by atoms with Crippen molar-refractivity contribution in [3.63, 3.8) is 0 Å². The molecular weight excluding hydrogens is 392 g/mol. The van der Waals surface area contributed by atoms with Crippen LogP contribution in [-0.2, 0) is 26.4 Å². The molecule has 0 aliphatic carbocycles. The Balaban J connectivity index is 2.49. The molecule has 0 heterocycles. The van der Waals surface area contributed by atoms with Crippen molar-refractivity contribution in [3.05, 3.63) is 42.0 Å². The standard InChI is InChI=1S/C17H22N2O6S2/c1-19(11-12-5-6-13(24-2)9-16(12)25-3)15-8-7-14(27(18,22)23)10-17(15)26(4,20)21/h5-10H,11H2,1-4H3,(H2,18,22,23). The first-order valence-corrected chi connectivity index (χ1v) is 11.2. The van der Waals surface area contributed by atoms with Gasteiger partial charge in [0, 0.05) is 31.5 Å². The zero-order chi connectivity index (χ0) is 20.4. The highest BCUT2D eigenvalue weighted by molar-refractivity contribution is 7.91. The van der Waals surface area contributed by atoms with Crippen molar-refractivity contribution in [1.82, 2.24) is 0 Å². The maximum absolute atomic E-state index is 12.2. The van der Waals surface area contributed by atoms with Crippen LogP contribution in [0.5, 0.6) is 11.5 Å². The van der Waals surface area contributed by atoms with E-state index in [1.165, 1.54) is 19.2 Å². The van der Waals surface area contributed by atoms with E-state index in [2.05, 4.69) is 0 Å². The van der Waals surface area contributed by atoms with Crippen molar-refractivity contribution in [2.24, 2.45) is 5.14 Å². The largest absolute Gasteiger partial charge is 0.497 e. The lowest BCUT2D eigenvalue weighted by atomic mass is 10.1. The topological polar surface area (TPSA) is 116 Å². The van der Waals surface area contributed by atoms with Gasteiger partial charge in [0.05, 0.1) is 29.7 Å². The number of nitrogens with zero attached hydrogens (tertiary/aromatic N) is 1. The van der Waals surface area contributed by atoms with Crippen LogP contribution in [0.2, 0.25) is 0 Å². The molecule has 2 N–H and O–H groups in total. The number of sulfonamides is 1. The minimum Gasteiger partial charge on any atom is -0.497 e. The molecule has 2 aromatic rings. The molecular formula is C17H22N2O6S2. The lowest BCUT2D eigenvalue weighted by molar-refractivity contribution is 0.391. The summed E-state index contributed by atoms with van der Waals surface area (Å²) in [5.74, 6) is 1.22. The Morgan fingerprint density at radius 3 is 2.19 bits per heavy atom. The number of sulfone groups is 1. The van der Waals surface area contributed by atoms with Crippen LogP contribution in [0, 0.1) is 0 Å². The van der Waals surface area contributed by atoms with Crippen LogP contribution in [0.4, 0.5) is 5.69 Å². The van der Waals surface area contributed by atoms with Gasteiger partial charge < -0.3 is 14.4 Å².